The molecule has 7 heteroatoms. The fourth-order valence-electron chi connectivity index (χ4n) is 3.13. The molecule has 0 atom stereocenters. The van der Waals surface area contributed by atoms with Crippen molar-refractivity contribution in [3.63, 3.8) is 0 Å². The molecular weight excluding hydrogens is 306 g/mol. The van der Waals surface area contributed by atoms with Crippen LogP contribution in [0.2, 0.25) is 0 Å². The fourth-order valence-corrected chi connectivity index (χ4v) is 3.13. The predicted octanol–water partition coefficient (Wildman–Crippen LogP) is 0.597. The lowest BCUT2D eigenvalue weighted by atomic mass is 10.2. The molecule has 7 nitrogen and oxygen atoms in total. The molecule has 2 aliphatic heterocycles. The summed E-state index contributed by atoms with van der Waals surface area (Å²) in [7, 11) is 1.53. The highest BCUT2D eigenvalue weighted by molar-refractivity contribution is 5.96. The number of benzene rings is 1. The predicted molar refractivity (Wildman–Crippen MR) is 92.6 cm³/mol. The van der Waals surface area contributed by atoms with E-state index in [1.54, 1.807) is 5.01 Å². The van der Waals surface area contributed by atoms with Gasteiger partial charge in [0.2, 0.25) is 5.91 Å². The molecule has 3 rings (SSSR count). The number of rotatable bonds is 5. The highest BCUT2D eigenvalue weighted by Gasteiger charge is 2.28. The van der Waals surface area contributed by atoms with E-state index in [1.165, 1.54) is 17.6 Å². The number of carbonyl (C=O) groups excluding carboxylic acids is 2. The van der Waals surface area contributed by atoms with Gasteiger partial charge in [0.25, 0.3) is 0 Å². The molecule has 0 saturated carbocycles. The number of nitrogens with zero attached hydrogens (tertiary/aromatic N) is 4. The SMILES string of the molecule is CN1C(=O)CNN(CCCN2CCN(c3ccccc3)CC2)C1=O. The number of hydrazine groups is 1. The molecule has 0 radical (unpaired) electrons. The van der Waals surface area contributed by atoms with Crippen molar-refractivity contribution in [3.05, 3.63) is 30.3 Å². The molecule has 1 aromatic carbocycles. The third kappa shape index (κ3) is 3.85. The first-order valence-corrected chi connectivity index (χ1v) is 8.49. The summed E-state index contributed by atoms with van der Waals surface area (Å²) in [5, 5.41) is 1.54. The van der Waals surface area contributed by atoms with Crippen molar-refractivity contribution in [3.8, 4) is 0 Å². The Morgan fingerprint density at radius 2 is 1.71 bits per heavy atom. The molecule has 1 aromatic rings. The average molecular weight is 331 g/mol. The van der Waals surface area contributed by atoms with Gasteiger partial charge in [0.05, 0.1) is 6.54 Å². The molecule has 2 saturated heterocycles. The topological polar surface area (TPSA) is 59.1 Å². The Hall–Kier alpha value is -2.12. The maximum atomic E-state index is 12.0. The number of piperazine rings is 1. The molecule has 2 heterocycles. The van der Waals surface area contributed by atoms with Gasteiger partial charge in [0.1, 0.15) is 0 Å². The van der Waals surface area contributed by atoms with Crippen molar-refractivity contribution in [1.29, 1.82) is 0 Å². The fraction of sp³-hybridized carbons (Fsp3) is 0.529. The van der Waals surface area contributed by atoms with E-state index in [9.17, 15) is 9.59 Å². The number of carbonyl (C=O) groups is 2. The van der Waals surface area contributed by atoms with E-state index in [2.05, 4.69) is 39.5 Å². The van der Waals surface area contributed by atoms with E-state index in [0.29, 0.717) is 6.54 Å². The summed E-state index contributed by atoms with van der Waals surface area (Å²) in [6.07, 6.45) is 0.895. The maximum absolute atomic E-state index is 12.0. The summed E-state index contributed by atoms with van der Waals surface area (Å²) >= 11 is 0. The lowest BCUT2D eigenvalue weighted by Crippen LogP contribution is -2.59. The van der Waals surface area contributed by atoms with Crippen LogP contribution in [0.4, 0.5) is 10.5 Å². The molecule has 24 heavy (non-hydrogen) atoms. The number of nitrogens with one attached hydrogen (secondary N) is 1. The number of imide groups is 1. The molecule has 0 spiro atoms. The highest BCUT2D eigenvalue weighted by Crippen LogP contribution is 2.15. The number of likely N-dealkylation sites (N-methyl/N-ethyl adjacent to an activating group) is 1. The van der Waals surface area contributed by atoms with Crippen LogP contribution in [0, 0.1) is 0 Å². The van der Waals surface area contributed by atoms with Crippen LogP contribution in [0.15, 0.2) is 30.3 Å². The summed E-state index contributed by atoms with van der Waals surface area (Å²) in [6.45, 7) is 5.91. The molecule has 0 aliphatic carbocycles. The van der Waals surface area contributed by atoms with Gasteiger partial charge in [-0.2, -0.15) is 0 Å². The first-order chi connectivity index (χ1) is 11.6. The van der Waals surface area contributed by atoms with Gasteiger partial charge in [-0.15, -0.1) is 0 Å². The van der Waals surface area contributed by atoms with E-state index in [0.717, 1.165) is 39.1 Å². The summed E-state index contributed by atoms with van der Waals surface area (Å²) in [5.74, 6) is -0.187. The van der Waals surface area contributed by atoms with Gasteiger partial charge in [0.15, 0.2) is 0 Å². The zero-order valence-corrected chi connectivity index (χ0v) is 14.1. The lowest BCUT2D eigenvalue weighted by Gasteiger charge is -2.37. The number of hydrogen-bond acceptors (Lipinski definition) is 5. The first-order valence-electron chi connectivity index (χ1n) is 8.49. The van der Waals surface area contributed by atoms with Gasteiger partial charge < -0.3 is 4.90 Å². The van der Waals surface area contributed by atoms with Gasteiger partial charge in [-0.1, -0.05) is 18.2 Å². The molecule has 0 unspecified atom stereocenters. The molecule has 2 fully saturated rings. The Labute approximate surface area is 142 Å². The third-order valence-electron chi connectivity index (χ3n) is 4.66. The van der Waals surface area contributed by atoms with E-state index < -0.39 is 0 Å². The molecule has 3 amide bonds. The summed E-state index contributed by atoms with van der Waals surface area (Å²) in [6, 6.07) is 10.2. The van der Waals surface area contributed by atoms with Crippen LogP contribution in [0.1, 0.15) is 6.42 Å². The van der Waals surface area contributed by atoms with Crippen molar-refractivity contribution in [2.24, 2.45) is 0 Å². The summed E-state index contributed by atoms with van der Waals surface area (Å²) in [5.41, 5.74) is 4.17. The minimum atomic E-state index is -0.264. The largest absolute Gasteiger partial charge is 0.369 e. The lowest BCUT2D eigenvalue weighted by molar-refractivity contribution is -0.130. The minimum Gasteiger partial charge on any atom is -0.369 e. The number of anilines is 1. The van der Waals surface area contributed by atoms with Gasteiger partial charge in [-0.25, -0.2) is 10.2 Å². The zero-order valence-electron chi connectivity index (χ0n) is 14.1. The smallest absolute Gasteiger partial charge is 0.340 e. The van der Waals surface area contributed by atoms with Crippen LogP contribution in [-0.2, 0) is 4.79 Å². The standard InChI is InChI=1S/C17H25N5O2/c1-19-16(23)14-18-22(17(19)24)9-5-8-20-10-12-21(13-11-20)15-6-3-2-4-7-15/h2-4,6-7,18H,5,8-14H2,1H3. The van der Waals surface area contributed by atoms with Crippen molar-refractivity contribution in [1.82, 2.24) is 20.2 Å². The van der Waals surface area contributed by atoms with E-state index in [4.69, 9.17) is 0 Å². The normalized spacial score (nSPS) is 20.0. The van der Waals surface area contributed by atoms with E-state index in [-0.39, 0.29) is 18.5 Å². The molecule has 0 bridgehead atoms. The Balaban J connectivity index is 1.38. The number of amides is 3. The third-order valence-corrected chi connectivity index (χ3v) is 4.66. The van der Waals surface area contributed by atoms with Crippen molar-refractivity contribution in [2.45, 2.75) is 6.42 Å². The Bertz CT molecular complexity index is 572. The van der Waals surface area contributed by atoms with Crippen molar-refractivity contribution >= 4 is 17.6 Å². The van der Waals surface area contributed by atoms with Crippen LogP contribution in [0.25, 0.3) is 0 Å². The summed E-state index contributed by atoms with van der Waals surface area (Å²) < 4.78 is 0. The Kier molecular flexibility index (Phi) is 5.32. The molecule has 2 aliphatic rings. The van der Waals surface area contributed by atoms with Crippen LogP contribution in [0.3, 0.4) is 0 Å². The number of para-hydroxylation sites is 1. The van der Waals surface area contributed by atoms with Crippen LogP contribution >= 0.6 is 0 Å². The Morgan fingerprint density at radius 3 is 2.42 bits per heavy atom. The van der Waals surface area contributed by atoms with Crippen LogP contribution in [-0.4, -0.2) is 79.6 Å². The van der Waals surface area contributed by atoms with Crippen molar-refractivity contribution in [2.75, 3.05) is 57.8 Å². The quantitative estimate of drug-likeness (QED) is 0.856. The molecule has 130 valence electrons. The first kappa shape index (κ1) is 16.7. The van der Waals surface area contributed by atoms with E-state index in [1.807, 2.05) is 6.07 Å². The second-order valence-electron chi connectivity index (χ2n) is 6.24. The van der Waals surface area contributed by atoms with Crippen LogP contribution in [0.5, 0.6) is 0 Å². The monoisotopic (exact) mass is 331 g/mol. The maximum Gasteiger partial charge on any atom is 0.340 e. The zero-order chi connectivity index (χ0) is 16.9. The van der Waals surface area contributed by atoms with Gasteiger partial charge in [-0.3, -0.25) is 19.6 Å². The van der Waals surface area contributed by atoms with E-state index >= 15 is 0 Å². The second kappa shape index (κ2) is 7.63. The summed E-state index contributed by atoms with van der Waals surface area (Å²) in [4.78, 5) is 29.4. The van der Waals surface area contributed by atoms with Crippen LogP contribution < -0.4 is 10.3 Å². The average Bonchev–Trinajstić information content (AvgIpc) is 2.63. The Morgan fingerprint density at radius 1 is 1.00 bits per heavy atom. The van der Waals surface area contributed by atoms with Gasteiger partial charge >= 0.3 is 6.03 Å². The highest BCUT2D eigenvalue weighted by atomic mass is 16.2. The van der Waals surface area contributed by atoms with Gasteiger partial charge in [0, 0.05) is 52.0 Å². The minimum absolute atomic E-state index is 0.187. The molecule has 1 N–H and O–H groups in total. The molecular formula is C17H25N5O2. The van der Waals surface area contributed by atoms with Crippen molar-refractivity contribution < 1.29 is 9.59 Å². The molecule has 0 aromatic heterocycles. The number of hydrogen-bond donors (Lipinski definition) is 1. The van der Waals surface area contributed by atoms with Gasteiger partial charge in [-0.05, 0) is 18.6 Å². The second-order valence-corrected chi connectivity index (χ2v) is 6.24. The number of urea groups is 1.